The van der Waals surface area contributed by atoms with Gasteiger partial charge in [0.05, 0.1) is 11.4 Å². The van der Waals surface area contributed by atoms with E-state index in [1.54, 1.807) is 0 Å². The van der Waals surface area contributed by atoms with Crippen LogP contribution in [0.15, 0.2) is 6.07 Å². The topological polar surface area (TPSA) is 25.8 Å². The highest BCUT2D eigenvalue weighted by atomic mass is 35.5. The predicted octanol–water partition coefficient (Wildman–Crippen LogP) is 4.07. The molecule has 0 N–H and O–H groups in total. The Hall–Kier alpha value is -0.280. The van der Waals surface area contributed by atoms with E-state index in [1.165, 1.54) is 6.42 Å². The molecule has 90 valence electrons. The van der Waals surface area contributed by atoms with Gasteiger partial charge in [-0.05, 0) is 18.2 Å². The van der Waals surface area contributed by atoms with Crippen LogP contribution in [-0.2, 0) is 11.2 Å². The van der Waals surface area contributed by atoms with Gasteiger partial charge in [-0.15, -0.1) is 0 Å². The zero-order chi connectivity index (χ0) is 12.2. The Labute approximate surface area is 107 Å². The largest absolute Gasteiger partial charge is 0.236 e. The Bertz CT molecular complexity index is 347. The van der Waals surface area contributed by atoms with Gasteiger partial charge >= 0.3 is 0 Å². The highest BCUT2D eigenvalue weighted by Gasteiger charge is 2.17. The second-order valence-corrected chi connectivity index (χ2v) is 6.29. The van der Waals surface area contributed by atoms with Crippen molar-refractivity contribution >= 4 is 23.4 Å². The standard InChI is InChI=1S/C12H19ClN2S/c1-5-6-16-8-11-14-9(12(2,3)4)7-10(13)15-11/h7H,5-6,8H2,1-4H3. The maximum Gasteiger partial charge on any atom is 0.140 e. The van der Waals surface area contributed by atoms with Crippen LogP contribution in [0.5, 0.6) is 0 Å². The van der Waals surface area contributed by atoms with Crippen LogP contribution in [-0.4, -0.2) is 15.7 Å². The Morgan fingerprint density at radius 3 is 2.56 bits per heavy atom. The van der Waals surface area contributed by atoms with Gasteiger partial charge < -0.3 is 0 Å². The van der Waals surface area contributed by atoms with Crippen LogP contribution in [0.3, 0.4) is 0 Å². The quantitative estimate of drug-likeness (QED) is 0.601. The lowest BCUT2D eigenvalue weighted by molar-refractivity contribution is 0.564. The summed E-state index contributed by atoms with van der Waals surface area (Å²) in [5, 5.41) is 0.548. The Morgan fingerprint density at radius 2 is 2.00 bits per heavy atom. The highest BCUT2D eigenvalue weighted by molar-refractivity contribution is 7.98. The van der Waals surface area contributed by atoms with Crippen LogP contribution in [0.2, 0.25) is 5.15 Å². The lowest BCUT2D eigenvalue weighted by atomic mass is 9.92. The molecule has 1 rings (SSSR count). The molecule has 0 fully saturated rings. The zero-order valence-corrected chi connectivity index (χ0v) is 12.0. The molecule has 1 aromatic rings. The second kappa shape index (κ2) is 5.87. The minimum atomic E-state index is 0.0246. The normalized spacial score (nSPS) is 11.8. The van der Waals surface area contributed by atoms with Crippen molar-refractivity contribution in [2.45, 2.75) is 45.3 Å². The van der Waals surface area contributed by atoms with E-state index in [2.05, 4.69) is 37.7 Å². The Kier molecular flexibility index (Phi) is 5.06. The Balaban J connectivity index is 2.82. The van der Waals surface area contributed by atoms with Crippen LogP contribution in [0.1, 0.15) is 45.6 Å². The van der Waals surface area contributed by atoms with Crippen molar-refractivity contribution < 1.29 is 0 Å². The summed E-state index contributed by atoms with van der Waals surface area (Å²) >= 11 is 7.86. The summed E-state index contributed by atoms with van der Waals surface area (Å²) in [6, 6.07) is 1.86. The number of hydrogen-bond donors (Lipinski definition) is 0. The van der Waals surface area contributed by atoms with E-state index in [0.717, 1.165) is 23.0 Å². The number of hydrogen-bond acceptors (Lipinski definition) is 3. The molecule has 0 unspecified atom stereocenters. The number of halogens is 1. The first-order chi connectivity index (χ1) is 7.43. The third kappa shape index (κ3) is 4.30. The number of nitrogens with zero attached hydrogens (tertiary/aromatic N) is 2. The summed E-state index contributed by atoms with van der Waals surface area (Å²) in [6.45, 7) is 8.57. The van der Waals surface area contributed by atoms with Gasteiger partial charge in [0, 0.05) is 5.41 Å². The van der Waals surface area contributed by atoms with Crippen molar-refractivity contribution in [1.82, 2.24) is 9.97 Å². The summed E-state index contributed by atoms with van der Waals surface area (Å²) in [5.74, 6) is 2.83. The fraction of sp³-hybridized carbons (Fsp3) is 0.667. The summed E-state index contributed by atoms with van der Waals surface area (Å²) in [7, 11) is 0. The molecule has 0 saturated heterocycles. The summed E-state index contributed by atoms with van der Waals surface area (Å²) in [6.07, 6.45) is 1.18. The summed E-state index contributed by atoms with van der Waals surface area (Å²) < 4.78 is 0. The number of aromatic nitrogens is 2. The zero-order valence-electron chi connectivity index (χ0n) is 10.4. The van der Waals surface area contributed by atoms with Crippen LogP contribution in [0.4, 0.5) is 0 Å². The molecular weight excluding hydrogens is 240 g/mol. The molecule has 16 heavy (non-hydrogen) atoms. The molecular formula is C12H19ClN2S. The van der Waals surface area contributed by atoms with Crippen LogP contribution >= 0.6 is 23.4 Å². The van der Waals surface area contributed by atoms with Crippen LogP contribution < -0.4 is 0 Å². The fourth-order valence-electron chi connectivity index (χ4n) is 1.22. The molecule has 0 bridgehead atoms. The fourth-order valence-corrected chi connectivity index (χ4v) is 2.17. The van der Waals surface area contributed by atoms with Gasteiger partial charge in [-0.25, -0.2) is 9.97 Å². The van der Waals surface area contributed by atoms with E-state index in [9.17, 15) is 0 Å². The summed E-state index contributed by atoms with van der Waals surface area (Å²) in [4.78, 5) is 8.81. The van der Waals surface area contributed by atoms with E-state index in [0.29, 0.717) is 5.15 Å². The van der Waals surface area contributed by atoms with Gasteiger partial charge in [-0.3, -0.25) is 0 Å². The lowest BCUT2D eigenvalue weighted by Crippen LogP contribution is -2.15. The first-order valence-corrected chi connectivity index (χ1v) is 7.08. The molecule has 0 aromatic carbocycles. The first kappa shape index (κ1) is 13.8. The third-order valence-electron chi connectivity index (χ3n) is 2.09. The van der Waals surface area contributed by atoms with Crippen LogP contribution in [0, 0.1) is 0 Å². The van der Waals surface area contributed by atoms with Crippen LogP contribution in [0.25, 0.3) is 0 Å². The van der Waals surface area contributed by atoms with E-state index >= 15 is 0 Å². The van der Waals surface area contributed by atoms with E-state index in [1.807, 2.05) is 17.8 Å². The minimum Gasteiger partial charge on any atom is -0.236 e. The lowest BCUT2D eigenvalue weighted by Gasteiger charge is -2.18. The first-order valence-electron chi connectivity index (χ1n) is 5.55. The predicted molar refractivity (Wildman–Crippen MR) is 72.2 cm³/mol. The van der Waals surface area contributed by atoms with Crippen molar-refractivity contribution in [1.29, 1.82) is 0 Å². The summed E-state index contributed by atoms with van der Waals surface area (Å²) in [5.41, 5.74) is 1.04. The van der Waals surface area contributed by atoms with Crippen molar-refractivity contribution in [3.8, 4) is 0 Å². The SMILES string of the molecule is CCCSCc1nc(Cl)cc(C(C)(C)C)n1. The van der Waals surface area contributed by atoms with Gasteiger partial charge in [-0.2, -0.15) is 11.8 Å². The molecule has 0 aliphatic heterocycles. The van der Waals surface area contributed by atoms with Gasteiger partial charge in [-0.1, -0.05) is 39.3 Å². The number of rotatable bonds is 4. The average Bonchev–Trinajstić information content (AvgIpc) is 2.16. The minimum absolute atomic E-state index is 0.0246. The molecule has 0 spiro atoms. The Morgan fingerprint density at radius 1 is 1.31 bits per heavy atom. The molecule has 1 aromatic heterocycles. The maximum atomic E-state index is 6.01. The number of thioether (sulfide) groups is 1. The molecule has 0 atom stereocenters. The molecule has 2 nitrogen and oxygen atoms in total. The van der Waals surface area contributed by atoms with Crippen molar-refractivity contribution in [2.24, 2.45) is 0 Å². The molecule has 0 saturated carbocycles. The molecule has 0 aliphatic rings. The monoisotopic (exact) mass is 258 g/mol. The van der Waals surface area contributed by atoms with Gasteiger partial charge in [0.2, 0.25) is 0 Å². The molecule has 0 radical (unpaired) electrons. The molecule has 4 heteroatoms. The second-order valence-electron chi connectivity index (χ2n) is 4.79. The van der Waals surface area contributed by atoms with Gasteiger partial charge in [0.15, 0.2) is 0 Å². The van der Waals surface area contributed by atoms with E-state index in [-0.39, 0.29) is 5.41 Å². The van der Waals surface area contributed by atoms with Crippen molar-refractivity contribution in [3.05, 3.63) is 22.7 Å². The third-order valence-corrected chi connectivity index (χ3v) is 3.44. The van der Waals surface area contributed by atoms with E-state index in [4.69, 9.17) is 11.6 Å². The van der Waals surface area contributed by atoms with Gasteiger partial charge in [0.25, 0.3) is 0 Å². The van der Waals surface area contributed by atoms with E-state index < -0.39 is 0 Å². The molecule has 0 amide bonds. The average molecular weight is 259 g/mol. The maximum absolute atomic E-state index is 6.01. The van der Waals surface area contributed by atoms with Crippen molar-refractivity contribution in [3.63, 3.8) is 0 Å². The van der Waals surface area contributed by atoms with Gasteiger partial charge in [0.1, 0.15) is 11.0 Å². The smallest absolute Gasteiger partial charge is 0.140 e. The molecule has 1 heterocycles. The van der Waals surface area contributed by atoms with Crippen molar-refractivity contribution in [2.75, 3.05) is 5.75 Å². The molecule has 0 aliphatic carbocycles. The highest BCUT2D eigenvalue weighted by Crippen LogP contribution is 2.23.